The molecule has 1 aromatic rings. The standard InChI is InChI=1S/C39H56N9O18P/c1-19(33(40)56)42-36(59)27-6-4-14-47(27)38(61)24(12-13-30(52)53)45-37(60)28-7-5-15-48(28)39(62)32(20(2)49)46-35(58)25(16-22-8-10-23(11-9-22)66-67(63,64)65)44-29(51)18-41-34(57)26(17-31(54)55)43-21(3)50/h8-11,19-20,24-28,32,49H,4-7,12-18H2,1-3H3,(H2,40,56)(H,41,57)(H,42,59)(H,43,50)(H,44,51)(H,45,60)(H,46,58)(H,52,53)(H,54,55)(H2,63,64,65)/t19-,20+,24-,25-,26-,27-,28-,32-/m0/s1. The van der Waals surface area contributed by atoms with Gasteiger partial charge in [0, 0.05) is 32.9 Å². The molecule has 2 heterocycles. The lowest BCUT2D eigenvalue weighted by Crippen LogP contribution is -2.61. The molecule has 2 aliphatic heterocycles. The van der Waals surface area contributed by atoms with Gasteiger partial charge in [-0.05, 0) is 63.6 Å². The molecule has 0 radical (unpaired) electrons. The molecule has 0 saturated carbocycles. The van der Waals surface area contributed by atoms with Crippen molar-refractivity contribution in [3.63, 3.8) is 0 Å². The number of aliphatic carboxylic acids is 2. The number of likely N-dealkylation sites (tertiary alicyclic amines) is 2. The molecule has 28 heteroatoms. The highest BCUT2D eigenvalue weighted by atomic mass is 31.2. The normalized spacial score (nSPS) is 18.4. The maximum atomic E-state index is 14.1. The van der Waals surface area contributed by atoms with Crippen LogP contribution in [0.2, 0.25) is 0 Å². The fraction of sp³-hybridized carbons (Fsp3) is 0.564. The molecule has 0 spiro atoms. The van der Waals surface area contributed by atoms with Crippen LogP contribution >= 0.6 is 7.82 Å². The second-order valence-electron chi connectivity index (χ2n) is 15.9. The molecule has 2 aliphatic rings. The minimum absolute atomic E-state index is 0.0268. The third kappa shape index (κ3) is 17.2. The average Bonchev–Trinajstić information content (AvgIpc) is 3.93. The van der Waals surface area contributed by atoms with E-state index in [4.69, 9.17) is 20.6 Å². The van der Waals surface area contributed by atoms with Gasteiger partial charge in [-0.15, -0.1) is 0 Å². The molecule has 9 amide bonds. The molecule has 0 aromatic heterocycles. The van der Waals surface area contributed by atoms with E-state index in [0.29, 0.717) is 6.42 Å². The quantitative estimate of drug-likeness (QED) is 0.0434. The molecule has 1 aromatic carbocycles. The Labute approximate surface area is 382 Å². The molecule has 27 nitrogen and oxygen atoms in total. The molecule has 67 heavy (non-hydrogen) atoms. The lowest BCUT2D eigenvalue weighted by Gasteiger charge is -2.33. The minimum atomic E-state index is -4.95. The van der Waals surface area contributed by atoms with E-state index in [1.165, 1.54) is 19.1 Å². The Hall–Kier alpha value is -6.70. The van der Waals surface area contributed by atoms with Crippen LogP contribution in [0.1, 0.15) is 71.3 Å². The fourth-order valence-electron chi connectivity index (χ4n) is 7.24. The van der Waals surface area contributed by atoms with Crippen LogP contribution in [0.25, 0.3) is 0 Å². The molecule has 3 rings (SSSR count). The number of primary amides is 1. The van der Waals surface area contributed by atoms with Gasteiger partial charge in [0.1, 0.15) is 48.0 Å². The first-order valence-corrected chi connectivity index (χ1v) is 22.4. The number of nitrogens with one attached hydrogen (secondary N) is 6. The average molecular weight is 970 g/mol. The molecule has 370 valence electrons. The van der Waals surface area contributed by atoms with Crippen LogP contribution in [-0.4, -0.2) is 168 Å². The van der Waals surface area contributed by atoms with Crippen LogP contribution in [0.5, 0.6) is 5.75 Å². The molecule has 0 aliphatic carbocycles. The number of amides is 9. The number of rotatable bonds is 24. The van der Waals surface area contributed by atoms with Crippen molar-refractivity contribution in [1.82, 2.24) is 41.7 Å². The molecular formula is C39H56N9O18P. The topological polar surface area (TPSA) is 420 Å². The number of carboxylic acids is 2. The van der Waals surface area contributed by atoms with E-state index in [1.54, 1.807) is 0 Å². The van der Waals surface area contributed by atoms with Gasteiger partial charge in [-0.1, -0.05) is 12.1 Å². The van der Waals surface area contributed by atoms with Crippen LogP contribution < -0.4 is 42.2 Å². The van der Waals surface area contributed by atoms with Crippen molar-refractivity contribution in [3.8, 4) is 5.75 Å². The van der Waals surface area contributed by atoms with Crippen molar-refractivity contribution in [2.45, 2.75) is 121 Å². The number of nitrogens with two attached hydrogens (primary N) is 1. The lowest BCUT2D eigenvalue weighted by molar-refractivity contribution is -0.146. The second kappa shape index (κ2) is 24.7. The van der Waals surface area contributed by atoms with Gasteiger partial charge >= 0.3 is 19.8 Å². The van der Waals surface area contributed by atoms with Crippen LogP contribution in [0, 0.1) is 0 Å². The van der Waals surface area contributed by atoms with Crippen molar-refractivity contribution >= 4 is 72.9 Å². The minimum Gasteiger partial charge on any atom is -0.481 e. The number of nitrogens with zero attached hydrogens (tertiary/aromatic N) is 2. The summed E-state index contributed by atoms with van der Waals surface area (Å²) in [6.07, 6.45) is -3.06. The zero-order valence-corrected chi connectivity index (χ0v) is 37.6. The third-order valence-electron chi connectivity index (χ3n) is 10.5. The van der Waals surface area contributed by atoms with Crippen LogP contribution in [0.4, 0.5) is 0 Å². The van der Waals surface area contributed by atoms with E-state index in [1.807, 2.05) is 0 Å². The Morgan fingerprint density at radius 2 is 1.33 bits per heavy atom. The van der Waals surface area contributed by atoms with Crippen LogP contribution in [0.15, 0.2) is 24.3 Å². The molecule has 0 unspecified atom stereocenters. The van der Waals surface area contributed by atoms with Gasteiger partial charge in [0.15, 0.2) is 0 Å². The first-order valence-electron chi connectivity index (χ1n) is 20.9. The molecule has 13 N–H and O–H groups in total. The summed E-state index contributed by atoms with van der Waals surface area (Å²) in [5.41, 5.74) is 5.50. The van der Waals surface area contributed by atoms with E-state index in [2.05, 4.69) is 36.4 Å². The molecule has 8 atom stereocenters. The highest BCUT2D eigenvalue weighted by molar-refractivity contribution is 7.46. The number of hydrogen-bond acceptors (Lipinski definition) is 14. The molecule has 2 fully saturated rings. The Bertz CT molecular complexity index is 2080. The fourth-order valence-corrected chi connectivity index (χ4v) is 7.63. The van der Waals surface area contributed by atoms with Gasteiger partial charge in [-0.2, -0.15) is 0 Å². The largest absolute Gasteiger partial charge is 0.524 e. The van der Waals surface area contributed by atoms with Gasteiger partial charge in [0.2, 0.25) is 53.2 Å². The lowest BCUT2D eigenvalue weighted by atomic mass is 10.0. The van der Waals surface area contributed by atoms with Crippen molar-refractivity contribution < 1.29 is 86.9 Å². The summed E-state index contributed by atoms with van der Waals surface area (Å²) in [5, 5.41) is 43.3. The van der Waals surface area contributed by atoms with Crippen LogP contribution in [-0.2, 0) is 63.7 Å². The summed E-state index contributed by atoms with van der Waals surface area (Å²) in [5.74, 6) is -11.1. The van der Waals surface area contributed by atoms with Gasteiger partial charge in [0.05, 0.1) is 19.1 Å². The van der Waals surface area contributed by atoms with Crippen LogP contribution in [0.3, 0.4) is 0 Å². The maximum absolute atomic E-state index is 14.1. The number of phosphoric ester groups is 1. The van der Waals surface area contributed by atoms with E-state index < -0.39 is 147 Å². The highest BCUT2D eigenvalue weighted by Crippen LogP contribution is 2.37. The molecule has 0 bridgehead atoms. The first kappa shape index (κ1) is 54.6. The van der Waals surface area contributed by atoms with E-state index in [9.17, 15) is 67.5 Å². The van der Waals surface area contributed by atoms with Crippen molar-refractivity contribution in [2.24, 2.45) is 5.73 Å². The summed E-state index contributed by atoms with van der Waals surface area (Å²) in [7, 11) is -4.95. The Morgan fingerprint density at radius 1 is 0.761 bits per heavy atom. The Kier molecular flexibility index (Phi) is 20.2. The molecular weight excluding hydrogens is 913 g/mol. The van der Waals surface area contributed by atoms with E-state index in [-0.39, 0.29) is 50.1 Å². The highest BCUT2D eigenvalue weighted by Gasteiger charge is 2.43. The zero-order valence-electron chi connectivity index (χ0n) is 36.7. The SMILES string of the molecule is CC(=O)N[C@@H](CC(=O)O)C(=O)NCC(=O)N[C@@H](Cc1ccc(OP(=O)(O)O)cc1)C(=O)N[C@H](C(=O)N1CCC[C@H]1C(=O)N[C@@H](CCC(=O)O)C(=O)N1CCC[C@H]1C(=O)N[C@@H](C)C(N)=O)[C@@H](C)O. The number of hydrogen-bond donors (Lipinski definition) is 12. The smallest absolute Gasteiger partial charge is 0.481 e. The predicted molar refractivity (Wildman–Crippen MR) is 226 cm³/mol. The predicted octanol–water partition coefficient (Wildman–Crippen LogP) is -4.53. The Morgan fingerprint density at radius 3 is 1.84 bits per heavy atom. The second-order valence-corrected chi connectivity index (χ2v) is 17.0. The number of carboxylic acid groups (broad SMARTS) is 2. The summed E-state index contributed by atoms with van der Waals surface area (Å²) in [4.78, 5) is 161. The van der Waals surface area contributed by atoms with Gasteiger partial charge in [0.25, 0.3) is 0 Å². The first-order chi connectivity index (χ1) is 31.3. The number of benzene rings is 1. The number of carbonyl (C=O) groups excluding carboxylic acids is 9. The number of aliphatic hydroxyl groups is 1. The van der Waals surface area contributed by atoms with E-state index in [0.717, 1.165) is 35.8 Å². The summed E-state index contributed by atoms with van der Waals surface area (Å²) >= 11 is 0. The van der Waals surface area contributed by atoms with Gasteiger partial charge in [-0.3, -0.25) is 62.5 Å². The zero-order chi connectivity index (χ0) is 50.3. The number of phosphoric acid groups is 1. The van der Waals surface area contributed by atoms with Gasteiger partial charge < -0.3 is 67.3 Å². The van der Waals surface area contributed by atoms with Crippen molar-refractivity contribution in [3.05, 3.63) is 29.8 Å². The maximum Gasteiger partial charge on any atom is 0.524 e. The third-order valence-corrected chi connectivity index (χ3v) is 11.0. The van der Waals surface area contributed by atoms with Crippen molar-refractivity contribution in [2.75, 3.05) is 19.6 Å². The van der Waals surface area contributed by atoms with Gasteiger partial charge in [-0.25, -0.2) is 4.57 Å². The van der Waals surface area contributed by atoms with Crippen molar-refractivity contribution in [1.29, 1.82) is 0 Å². The summed E-state index contributed by atoms with van der Waals surface area (Å²) in [6, 6.07) is -5.07. The number of aliphatic hydroxyl groups excluding tert-OH is 1. The summed E-state index contributed by atoms with van der Waals surface area (Å²) in [6.45, 7) is 2.64. The number of carbonyl (C=O) groups is 11. The molecule has 2 saturated heterocycles. The monoisotopic (exact) mass is 969 g/mol. The summed E-state index contributed by atoms with van der Waals surface area (Å²) < 4.78 is 15.8. The van der Waals surface area contributed by atoms with E-state index >= 15 is 0 Å². The Balaban J connectivity index is 1.84.